The molecule has 0 aliphatic carbocycles. The van der Waals surface area contributed by atoms with Crippen molar-refractivity contribution in [2.45, 2.75) is 58.5 Å². The molecule has 0 unspecified atom stereocenters. The van der Waals surface area contributed by atoms with E-state index in [1.165, 1.54) is 18.1 Å². The van der Waals surface area contributed by atoms with Crippen LogP contribution in [0.1, 0.15) is 61.7 Å². The lowest BCUT2D eigenvalue weighted by atomic mass is 10.0. The second kappa shape index (κ2) is 24.5. The van der Waals surface area contributed by atoms with Gasteiger partial charge in [0, 0.05) is 64.6 Å². The Morgan fingerprint density at radius 2 is 1.21 bits per heavy atom. The number of halogens is 1. The molecule has 2 aromatic heterocycles. The van der Waals surface area contributed by atoms with E-state index < -0.39 is 17.8 Å². The minimum atomic E-state index is -0.666. The number of nitrogens with two attached hydrogens (primary N) is 1. The SMILES string of the molecule is C.CC(=O)OCC(=O)Cl.NC1CCN(Cc2ccc([C@H]3COc4cccnc4O3)cc2)CC1.O=C(CO)N1CCN(Cc2ccc([C@H]3COc4cccnc4O3)cc2)CC1.S. The average Bonchev–Trinajstić information content (AvgIpc) is 3.27. The molecule has 2 atom stereocenters. The first-order valence-corrected chi connectivity index (χ1v) is 20.1. The maximum atomic E-state index is 11.5. The molecule has 2 aromatic carbocycles. The van der Waals surface area contributed by atoms with Gasteiger partial charge < -0.3 is 39.4 Å². The fourth-order valence-corrected chi connectivity index (χ4v) is 6.92. The number of rotatable bonds is 9. The molecule has 8 rings (SSSR count). The van der Waals surface area contributed by atoms with E-state index in [4.69, 9.17) is 41.4 Å². The minimum Gasteiger partial charge on any atom is -0.484 e. The number of carbonyl (C=O) groups is 3. The molecule has 3 N–H and O–H groups in total. The number of pyridine rings is 2. The molecule has 0 spiro atoms. The summed E-state index contributed by atoms with van der Waals surface area (Å²) in [6.45, 7) is 8.41. The van der Waals surface area contributed by atoms with Crippen LogP contribution in [-0.2, 0) is 32.2 Å². The molecule has 17 heteroatoms. The summed E-state index contributed by atoms with van der Waals surface area (Å²) in [6.07, 6.45) is 5.35. The van der Waals surface area contributed by atoms with E-state index in [-0.39, 0.29) is 45.6 Å². The zero-order valence-corrected chi connectivity index (χ0v) is 35.4. The summed E-state index contributed by atoms with van der Waals surface area (Å²) >= 11 is 4.81. The molecular formula is C44H57ClN6O9S. The molecule has 1 amide bonds. The molecule has 4 aromatic rings. The van der Waals surface area contributed by atoms with Gasteiger partial charge in [-0.2, -0.15) is 13.5 Å². The molecule has 0 bridgehead atoms. The van der Waals surface area contributed by atoms with Gasteiger partial charge in [0.15, 0.2) is 30.3 Å². The number of amides is 1. The van der Waals surface area contributed by atoms with Gasteiger partial charge in [0.25, 0.3) is 17.0 Å². The van der Waals surface area contributed by atoms with Crippen molar-refractivity contribution in [2.24, 2.45) is 5.73 Å². The predicted molar refractivity (Wildman–Crippen MR) is 235 cm³/mol. The number of fused-ring (bicyclic) bond motifs is 2. The van der Waals surface area contributed by atoms with E-state index in [0.29, 0.717) is 55.6 Å². The van der Waals surface area contributed by atoms with Gasteiger partial charge >= 0.3 is 5.97 Å². The van der Waals surface area contributed by atoms with Gasteiger partial charge in [-0.25, -0.2) is 9.97 Å². The Labute approximate surface area is 369 Å². The van der Waals surface area contributed by atoms with Crippen molar-refractivity contribution in [2.75, 3.05) is 65.7 Å². The van der Waals surface area contributed by atoms with Crippen molar-refractivity contribution in [1.29, 1.82) is 0 Å². The molecule has 61 heavy (non-hydrogen) atoms. The van der Waals surface area contributed by atoms with Crippen LogP contribution < -0.4 is 24.7 Å². The summed E-state index contributed by atoms with van der Waals surface area (Å²) < 4.78 is 27.6. The number of aromatic nitrogens is 2. The highest BCUT2D eigenvalue weighted by Gasteiger charge is 2.25. The third-order valence-electron chi connectivity index (χ3n) is 10.2. The van der Waals surface area contributed by atoms with Crippen LogP contribution in [0.5, 0.6) is 23.3 Å². The number of benzene rings is 2. The summed E-state index contributed by atoms with van der Waals surface area (Å²) in [7, 11) is 0. The Morgan fingerprint density at radius 3 is 1.62 bits per heavy atom. The van der Waals surface area contributed by atoms with Crippen LogP contribution in [0.25, 0.3) is 0 Å². The third kappa shape index (κ3) is 14.9. The van der Waals surface area contributed by atoms with E-state index in [2.05, 4.69) is 73.0 Å². The number of ether oxygens (including phenoxy) is 5. The number of hydrogen-bond acceptors (Lipinski definition) is 14. The van der Waals surface area contributed by atoms with Crippen molar-refractivity contribution in [1.82, 2.24) is 24.7 Å². The predicted octanol–water partition coefficient (Wildman–Crippen LogP) is 4.81. The smallest absolute Gasteiger partial charge is 0.303 e. The number of hydrogen-bond donors (Lipinski definition) is 2. The van der Waals surface area contributed by atoms with Crippen molar-refractivity contribution in [3.63, 3.8) is 0 Å². The van der Waals surface area contributed by atoms with E-state index in [0.717, 1.165) is 63.2 Å². The molecule has 0 radical (unpaired) electrons. The van der Waals surface area contributed by atoms with E-state index in [9.17, 15) is 14.4 Å². The Balaban J connectivity index is 0.000000223. The van der Waals surface area contributed by atoms with Crippen LogP contribution in [0.4, 0.5) is 0 Å². The molecule has 2 fully saturated rings. The fraction of sp³-hybridized carbons (Fsp3) is 0.432. The largest absolute Gasteiger partial charge is 0.484 e. The topological polar surface area (TPSA) is 179 Å². The van der Waals surface area contributed by atoms with E-state index in [1.807, 2.05) is 24.3 Å². The number of piperazine rings is 1. The zero-order valence-electron chi connectivity index (χ0n) is 33.6. The number of piperidine rings is 1. The zero-order chi connectivity index (χ0) is 41.6. The highest BCUT2D eigenvalue weighted by atomic mass is 35.5. The van der Waals surface area contributed by atoms with Crippen LogP contribution in [0.3, 0.4) is 0 Å². The molecule has 4 aliphatic rings. The average molecular weight is 881 g/mol. The maximum Gasteiger partial charge on any atom is 0.303 e. The number of aliphatic hydroxyl groups excluding tert-OH is 1. The monoisotopic (exact) mass is 880 g/mol. The lowest BCUT2D eigenvalue weighted by Gasteiger charge is -2.34. The van der Waals surface area contributed by atoms with Crippen LogP contribution in [0, 0.1) is 0 Å². The first-order valence-electron chi connectivity index (χ1n) is 19.7. The number of likely N-dealkylation sites (tertiary alicyclic amines) is 1. The number of esters is 1. The second-order valence-corrected chi connectivity index (χ2v) is 14.9. The Kier molecular flexibility index (Phi) is 19.5. The van der Waals surface area contributed by atoms with Gasteiger partial charge in [-0.15, -0.1) is 0 Å². The van der Waals surface area contributed by atoms with Gasteiger partial charge in [0.2, 0.25) is 5.91 Å². The Hall–Kier alpha value is -4.97. The quantitative estimate of drug-likeness (QED) is 0.173. The molecule has 15 nitrogen and oxygen atoms in total. The van der Waals surface area contributed by atoms with Crippen molar-refractivity contribution in [3.8, 4) is 23.3 Å². The third-order valence-corrected chi connectivity index (χ3v) is 10.3. The highest BCUT2D eigenvalue weighted by molar-refractivity contribution is 7.59. The first kappa shape index (κ1) is 48.7. The van der Waals surface area contributed by atoms with Crippen LogP contribution >= 0.6 is 25.1 Å². The van der Waals surface area contributed by atoms with E-state index in [1.54, 1.807) is 17.3 Å². The van der Waals surface area contributed by atoms with Crippen LogP contribution in [0.2, 0.25) is 0 Å². The van der Waals surface area contributed by atoms with Gasteiger partial charge in [0.05, 0.1) is 0 Å². The normalized spacial score (nSPS) is 18.3. The van der Waals surface area contributed by atoms with Crippen molar-refractivity contribution in [3.05, 3.63) is 107 Å². The number of carbonyl (C=O) groups excluding carboxylic acids is 3. The van der Waals surface area contributed by atoms with Gasteiger partial charge in [-0.1, -0.05) is 56.0 Å². The van der Waals surface area contributed by atoms with Gasteiger partial charge in [-0.3, -0.25) is 24.2 Å². The highest BCUT2D eigenvalue weighted by Crippen LogP contribution is 2.35. The summed E-state index contributed by atoms with van der Waals surface area (Å²) in [5.74, 6) is 1.82. The fourth-order valence-electron chi connectivity index (χ4n) is 6.86. The number of aliphatic hydroxyl groups is 1. The summed E-state index contributed by atoms with van der Waals surface area (Å²) in [5, 5.41) is 8.28. The lowest BCUT2D eigenvalue weighted by molar-refractivity contribution is -0.143. The summed E-state index contributed by atoms with van der Waals surface area (Å²) in [4.78, 5) is 46.2. The Morgan fingerprint density at radius 1 is 0.754 bits per heavy atom. The van der Waals surface area contributed by atoms with Gasteiger partial charge in [-0.05, 0) is 84.1 Å². The molecule has 6 heterocycles. The van der Waals surface area contributed by atoms with Crippen LogP contribution in [-0.4, -0.2) is 119 Å². The summed E-state index contributed by atoms with van der Waals surface area (Å²) in [6, 6.07) is 24.8. The lowest BCUT2D eigenvalue weighted by Crippen LogP contribution is -2.49. The van der Waals surface area contributed by atoms with Gasteiger partial charge in [0.1, 0.15) is 19.8 Å². The standard InChI is InChI=1S/C20H23N3O4.C19H23N3O2.C4H5ClO3.CH4.H2S/c24-13-19(25)23-10-8-22(9-11-23)12-15-3-5-16(6-4-15)18-14-26-17-2-1-7-21-20(17)27-18;20-16-7-10-22(11-8-16)12-14-3-5-15(6-4-14)18-13-23-17-2-1-9-21-19(17)24-18;1-3(6)8-2-4(5)7;;/h1-7,18,24H,8-14H2;1-6,9,16,18H,7-8,10-13,20H2;2H2,1H3;1H4;1H2/t2*18-;;;/m11.../s1. The molecule has 4 aliphatic heterocycles. The maximum absolute atomic E-state index is 11.5. The molecular weight excluding hydrogens is 824 g/mol. The van der Waals surface area contributed by atoms with Crippen molar-refractivity contribution >= 4 is 42.2 Å². The second-order valence-electron chi connectivity index (χ2n) is 14.5. The first-order chi connectivity index (χ1) is 28.6. The van der Waals surface area contributed by atoms with Crippen LogP contribution in [0.15, 0.2) is 85.2 Å². The number of nitrogens with zero attached hydrogens (tertiary/aromatic N) is 5. The molecule has 330 valence electrons. The van der Waals surface area contributed by atoms with Crippen molar-refractivity contribution < 1.29 is 43.2 Å². The minimum absolute atomic E-state index is 0. The summed E-state index contributed by atoms with van der Waals surface area (Å²) in [5.41, 5.74) is 10.7. The molecule has 0 saturated carbocycles. The molecule has 2 saturated heterocycles. The van der Waals surface area contributed by atoms with E-state index >= 15 is 0 Å². The Bertz CT molecular complexity index is 1970.